The van der Waals surface area contributed by atoms with Crippen LogP contribution in [-0.2, 0) is 4.79 Å². The summed E-state index contributed by atoms with van der Waals surface area (Å²) in [6.45, 7) is 0. The number of carbonyl (C=O) groups excluding carboxylic acids is 1. The molecule has 0 spiro atoms. The van der Waals surface area contributed by atoms with Gasteiger partial charge in [-0.05, 0) is 24.3 Å². The third-order valence-electron chi connectivity index (χ3n) is 1.64. The van der Waals surface area contributed by atoms with Crippen molar-refractivity contribution < 1.29 is 4.79 Å². The number of amidine groups is 1. The second kappa shape index (κ2) is 4.14. The highest BCUT2D eigenvalue weighted by Crippen LogP contribution is 2.19. The van der Waals surface area contributed by atoms with Crippen molar-refractivity contribution in [3.05, 3.63) is 28.7 Å². The van der Waals surface area contributed by atoms with Gasteiger partial charge in [-0.25, -0.2) is 4.99 Å². The third kappa shape index (κ3) is 2.36. The number of halogens is 1. The minimum Gasteiger partial charge on any atom is -0.304 e. The van der Waals surface area contributed by atoms with Gasteiger partial charge >= 0.3 is 0 Å². The summed E-state index contributed by atoms with van der Waals surface area (Å²) < 4.78 is 1.02. The average Bonchev–Trinajstić information content (AvgIpc) is 2.56. The Bertz CT molecular complexity index is 388. The molecule has 1 aromatic rings. The quantitative estimate of drug-likeness (QED) is 0.851. The molecule has 1 aliphatic heterocycles. The average molecular weight is 271 g/mol. The molecule has 0 atom stereocenters. The zero-order valence-corrected chi connectivity index (χ0v) is 9.56. The van der Waals surface area contributed by atoms with Crippen LogP contribution in [0.5, 0.6) is 0 Å². The van der Waals surface area contributed by atoms with Gasteiger partial charge in [0.1, 0.15) is 0 Å². The van der Waals surface area contributed by atoms with Crippen LogP contribution in [-0.4, -0.2) is 16.8 Å². The van der Waals surface area contributed by atoms with E-state index in [-0.39, 0.29) is 5.91 Å². The van der Waals surface area contributed by atoms with E-state index >= 15 is 0 Å². The fourth-order valence-electron chi connectivity index (χ4n) is 1.02. The molecule has 3 nitrogen and oxygen atoms in total. The Morgan fingerprint density at radius 3 is 2.64 bits per heavy atom. The van der Waals surface area contributed by atoms with Gasteiger partial charge in [0.25, 0.3) is 0 Å². The molecule has 0 radical (unpaired) electrons. The number of nitrogens with one attached hydrogen (secondary N) is 1. The lowest BCUT2D eigenvalue weighted by molar-refractivity contribution is -0.116. The first-order chi connectivity index (χ1) is 6.74. The third-order valence-corrected chi connectivity index (χ3v) is 3.05. The maximum atomic E-state index is 10.9. The van der Waals surface area contributed by atoms with E-state index < -0.39 is 0 Å². The molecule has 1 heterocycles. The molecule has 1 amide bonds. The summed E-state index contributed by atoms with van der Waals surface area (Å²) in [6.07, 6.45) is 0. The van der Waals surface area contributed by atoms with Gasteiger partial charge < -0.3 is 5.32 Å². The van der Waals surface area contributed by atoms with Crippen LogP contribution < -0.4 is 5.32 Å². The van der Waals surface area contributed by atoms with Crippen molar-refractivity contribution in [2.45, 2.75) is 0 Å². The van der Waals surface area contributed by atoms with E-state index in [0.29, 0.717) is 10.9 Å². The minimum absolute atomic E-state index is 0.0193. The second-order valence-corrected chi connectivity index (χ2v) is 4.61. The molecule has 1 aliphatic rings. The number of hydrogen-bond donors (Lipinski definition) is 1. The minimum atomic E-state index is 0.0193. The van der Waals surface area contributed by atoms with Crippen LogP contribution in [0.25, 0.3) is 0 Å². The smallest absolute Gasteiger partial charge is 0.236 e. The van der Waals surface area contributed by atoms with E-state index in [9.17, 15) is 4.79 Å². The van der Waals surface area contributed by atoms with Crippen LogP contribution in [0.3, 0.4) is 0 Å². The number of rotatable bonds is 1. The molecule has 0 unspecified atom stereocenters. The molecule has 5 heteroatoms. The van der Waals surface area contributed by atoms with Crippen LogP contribution >= 0.6 is 27.7 Å². The first-order valence-corrected chi connectivity index (χ1v) is 5.79. The van der Waals surface area contributed by atoms with Gasteiger partial charge in [-0.3, -0.25) is 4.79 Å². The van der Waals surface area contributed by atoms with E-state index in [0.717, 1.165) is 10.2 Å². The zero-order valence-electron chi connectivity index (χ0n) is 7.16. The summed E-state index contributed by atoms with van der Waals surface area (Å²) in [4.78, 5) is 15.2. The summed E-state index contributed by atoms with van der Waals surface area (Å²) >= 11 is 4.77. The van der Waals surface area contributed by atoms with Crippen LogP contribution in [0.1, 0.15) is 0 Å². The molecule has 1 N–H and O–H groups in total. The number of carbonyl (C=O) groups is 1. The molecule has 1 saturated heterocycles. The zero-order chi connectivity index (χ0) is 9.97. The van der Waals surface area contributed by atoms with Crippen LogP contribution in [0.2, 0.25) is 0 Å². The molecule has 72 valence electrons. The van der Waals surface area contributed by atoms with Gasteiger partial charge in [0.05, 0.1) is 11.4 Å². The van der Waals surface area contributed by atoms with Crippen molar-refractivity contribution in [2.24, 2.45) is 4.99 Å². The van der Waals surface area contributed by atoms with Crippen LogP contribution in [0.4, 0.5) is 5.69 Å². The normalized spacial score (nSPS) is 18.6. The Kier molecular flexibility index (Phi) is 2.88. The highest BCUT2D eigenvalue weighted by Gasteiger charge is 2.15. The van der Waals surface area contributed by atoms with Crippen molar-refractivity contribution in [3.8, 4) is 0 Å². The lowest BCUT2D eigenvalue weighted by atomic mass is 10.3. The van der Waals surface area contributed by atoms with E-state index in [1.807, 2.05) is 24.3 Å². The van der Waals surface area contributed by atoms with E-state index in [2.05, 4.69) is 26.2 Å². The van der Waals surface area contributed by atoms with Crippen LogP contribution in [0, 0.1) is 0 Å². The van der Waals surface area contributed by atoms with Crippen molar-refractivity contribution in [2.75, 3.05) is 5.75 Å². The lowest BCUT2D eigenvalue weighted by Gasteiger charge is -1.96. The van der Waals surface area contributed by atoms with E-state index in [1.165, 1.54) is 11.8 Å². The van der Waals surface area contributed by atoms with Gasteiger partial charge in [-0.15, -0.1) is 0 Å². The largest absolute Gasteiger partial charge is 0.304 e. The molecular weight excluding hydrogens is 264 g/mol. The van der Waals surface area contributed by atoms with Crippen molar-refractivity contribution in [1.29, 1.82) is 0 Å². The molecule has 0 saturated carbocycles. The molecule has 0 aliphatic carbocycles. The standard InChI is InChI=1S/C9H7BrN2OS/c10-6-1-3-7(4-2-6)11-9-12-8(13)5-14-9/h1-4H,5H2,(H,11,12,13). The van der Waals surface area contributed by atoms with Crippen molar-refractivity contribution in [1.82, 2.24) is 5.32 Å². The number of amides is 1. The number of hydrogen-bond acceptors (Lipinski definition) is 3. The van der Waals surface area contributed by atoms with Gasteiger partial charge in [-0.2, -0.15) is 0 Å². The number of aliphatic imine (C=N–C) groups is 1. The highest BCUT2D eigenvalue weighted by molar-refractivity contribution is 9.10. The molecule has 0 aromatic heterocycles. The fraction of sp³-hybridized carbons (Fsp3) is 0.111. The Hall–Kier alpha value is -0.810. The SMILES string of the molecule is O=C1CSC(=Nc2ccc(Br)cc2)N1. The summed E-state index contributed by atoms with van der Waals surface area (Å²) in [6, 6.07) is 7.62. The van der Waals surface area contributed by atoms with E-state index in [1.54, 1.807) is 0 Å². The summed E-state index contributed by atoms with van der Waals surface area (Å²) in [5.74, 6) is 0.487. The molecule has 2 rings (SSSR count). The van der Waals surface area contributed by atoms with Crippen molar-refractivity contribution in [3.63, 3.8) is 0 Å². The second-order valence-electron chi connectivity index (χ2n) is 2.73. The number of benzene rings is 1. The molecule has 0 bridgehead atoms. The number of thioether (sulfide) groups is 1. The maximum Gasteiger partial charge on any atom is 0.236 e. The number of nitrogens with zero attached hydrogens (tertiary/aromatic N) is 1. The van der Waals surface area contributed by atoms with Crippen molar-refractivity contribution >= 4 is 44.5 Å². The lowest BCUT2D eigenvalue weighted by Crippen LogP contribution is -2.19. The van der Waals surface area contributed by atoms with E-state index in [4.69, 9.17) is 0 Å². The summed E-state index contributed by atoms with van der Waals surface area (Å²) in [5.41, 5.74) is 0.845. The van der Waals surface area contributed by atoms with Gasteiger partial charge in [-0.1, -0.05) is 27.7 Å². The predicted octanol–water partition coefficient (Wildman–Crippen LogP) is 2.30. The van der Waals surface area contributed by atoms with Gasteiger partial charge in [0, 0.05) is 4.47 Å². The Labute approximate surface area is 94.1 Å². The summed E-state index contributed by atoms with van der Waals surface area (Å²) in [5, 5.41) is 3.36. The first-order valence-electron chi connectivity index (χ1n) is 4.01. The molecule has 14 heavy (non-hydrogen) atoms. The first kappa shape index (κ1) is 9.73. The Morgan fingerprint density at radius 2 is 2.07 bits per heavy atom. The van der Waals surface area contributed by atoms with Gasteiger partial charge in [0.15, 0.2) is 5.17 Å². The Balaban J connectivity index is 2.17. The highest BCUT2D eigenvalue weighted by atomic mass is 79.9. The Morgan fingerprint density at radius 1 is 1.36 bits per heavy atom. The predicted molar refractivity (Wildman–Crippen MR) is 61.8 cm³/mol. The topological polar surface area (TPSA) is 41.5 Å². The molecular formula is C9H7BrN2OS. The van der Waals surface area contributed by atoms with Gasteiger partial charge in [0.2, 0.25) is 5.91 Å². The maximum absolute atomic E-state index is 10.9. The summed E-state index contributed by atoms with van der Waals surface area (Å²) in [7, 11) is 0. The van der Waals surface area contributed by atoms with Crippen LogP contribution in [0.15, 0.2) is 33.7 Å². The molecule has 1 fully saturated rings. The fourth-order valence-corrected chi connectivity index (χ4v) is 1.98. The monoisotopic (exact) mass is 270 g/mol. The molecule has 1 aromatic carbocycles.